The van der Waals surface area contributed by atoms with Gasteiger partial charge in [0.2, 0.25) is 0 Å². The Kier molecular flexibility index (Phi) is 4.85. The van der Waals surface area contributed by atoms with Crippen molar-refractivity contribution in [3.8, 4) is 34.0 Å². The Morgan fingerprint density at radius 3 is 2.12 bits per heavy atom. The number of fused-ring (bicyclic) bond motifs is 6. The molecule has 0 fully saturated rings. The van der Waals surface area contributed by atoms with Gasteiger partial charge in [-0.1, -0.05) is 66.7 Å². The van der Waals surface area contributed by atoms with Crippen molar-refractivity contribution in [2.45, 2.75) is 0 Å². The van der Waals surface area contributed by atoms with Crippen molar-refractivity contribution in [1.29, 1.82) is 5.26 Å². The van der Waals surface area contributed by atoms with E-state index in [0.29, 0.717) is 5.69 Å². The average molecular weight is 512 g/mol. The highest BCUT2D eigenvalue weighted by atomic mass is 16.3. The van der Waals surface area contributed by atoms with Crippen LogP contribution in [0, 0.1) is 11.3 Å². The minimum Gasteiger partial charge on any atom is -0.456 e. The molecule has 40 heavy (non-hydrogen) atoms. The van der Waals surface area contributed by atoms with E-state index >= 15 is 0 Å². The molecular weight excluding hydrogens is 490 g/mol. The molecule has 0 aliphatic heterocycles. The van der Waals surface area contributed by atoms with Gasteiger partial charge >= 0.3 is 0 Å². The number of hydrogen-bond acceptors (Lipinski definition) is 3. The summed E-state index contributed by atoms with van der Waals surface area (Å²) in [5.41, 5.74) is 9.84. The van der Waals surface area contributed by atoms with Crippen LogP contribution in [0.15, 0.2) is 132 Å². The lowest BCUT2D eigenvalue weighted by Gasteiger charge is -2.11. The smallest absolute Gasteiger partial charge is 0.140 e. The van der Waals surface area contributed by atoms with Crippen LogP contribution in [0.5, 0.6) is 0 Å². The van der Waals surface area contributed by atoms with Gasteiger partial charge in [0, 0.05) is 45.1 Å². The van der Waals surface area contributed by atoms with Crippen molar-refractivity contribution in [3.05, 3.63) is 133 Å². The second-order valence-corrected chi connectivity index (χ2v) is 9.99. The van der Waals surface area contributed by atoms with Crippen LogP contribution in [0.25, 0.3) is 71.7 Å². The molecule has 4 nitrogen and oxygen atoms in total. The molecule has 0 unspecified atom stereocenters. The standard InChI is InChI=1S/C36H21N3O/c37-21-27-16-15-26(22-38-27)24-8-5-7-23(17-24)25-9-6-10-28(18-25)39-33-13-3-1-11-29(33)31-19-32-30-12-2-4-14-35(30)40-36(32)20-34(31)39/h1-20,22H. The van der Waals surface area contributed by atoms with E-state index in [0.717, 1.165) is 60.9 Å². The summed E-state index contributed by atoms with van der Waals surface area (Å²) in [6.07, 6.45) is 1.75. The van der Waals surface area contributed by atoms with Crippen LogP contribution in [0.4, 0.5) is 0 Å². The fourth-order valence-corrected chi connectivity index (χ4v) is 5.80. The Morgan fingerprint density at radius 2 is 1.30 bits per heavy atom. The van der Waals surface area contributed by atoms with Crippen LogP contribution >= 0.6 is 0 Å². The third-order valence-electron chi connectivity index (χ3n) is 7.68. The lowest BCUT2D eigenvalue weighted by molar-refractivity contribution is 0.669. The molecule has 0 aliphatic rings. The molecule has 5 aromatic carbocycles. The zero-order valence-electron chi connectivity index (χ0n) is 21.4. The van der Waals surface area contributed by atoms with Gasteiger partial charge in [0.25, 0.3) is 0 Å². The fourth-order valence-electron chi connectivity index (χ4n) is 5.80. The van der Waals surface area contributed by atoms with Gasteiger partial charge in [-0.2, -0.15) is 5.26 Å². The number of pyridine rings is 1. The van der Waals surface area contributed by atoms with Gasteiger partial charge in [-0.3, -0.25) is 0 Å². The SMILES string of the molecule is N#Cc1ccc(-c2cccc(-c3cccc(-n4c5ccccc5c5cc6c(cc54)oc4ccccc46)c3)c2)cn1. The highest BCUT2D eigenvalue weighted by Gasteiger charge is 2.16. The van der Waals surface area contributed by atoms with Gasteiger partial charge in [0.1, 0.15) is 22.9 Å². The number of rotatable bonds is 3. The molecule has 186 valence electrons. The Labute approximate surface area is 230 Å². The molecule has 0 radical (unpaired) electrons. The van der Waals surface area contributed by atoms with Gasteiger partial charge in [-0.15, -0.1) is 0 Å². The Bertz CT molecular complexity index is 2280. The number of hydrogen-bond donors (Lipinski definition) is 0. The van der Waals surface area contributed by atoms with Crippen LogP contribution in [-0.2, 0) is 0 Å². The number of furan rings is 1. The van der Waals surface area contributed by atoms with E-state index in [-0.39, 0.29) is 0 Å². The lowest BCUT2D eigenvalue weighted by Crippen LogP contribution is -1.94. The van der Waals surface area contributed by atoms with Crippen molar-refractivity contribution in [3.63, 3.8) is 0 Å². The summed E-state index contributed by atoms with van der Waals surface area (Å²) in [5.74, 6) is 0. The summed E-state index contributed by atoms with van der Waals surface area (Å²) < 4.78 is 8.60. The fraction of sp³-hybridized carbons (Fsp3) is 0. The molecule has 0 bridgehead atoms. The van der Waals surface area contributed by atoms with E-state index < -0.39 is 0 Å². The van der Waals surface area contributed by atoms with Gasteiger partial charge in [-0.25, -0.2) is 4.98 Å². The van der Waals surface area contributed by atoms with Crippen LogP contribution in [0.3, 0.4) is 0 Å². The summed E-state index contributed by atoms with van der Waals surface area (Å²) in [5, 5.41) is 13.8. The molecule has 3 heterocycles. The van der Waals surface area contributed by atoms with Gasteiger partial charge in [0.15, 0.2) is 0 Å². The molecule has 0 spiro atoms. The molecule has 3 aromatic heterocycles. The third kappa shape index (κ3) is 3.42. The van der Waals surface area contributed by atoms with Crippen LogP contribution in [0.1, 0.15) is 5.69 Å². The van der Waals surface area contributed by atoms with Crippen LogP contribution < -0.4 is 0 Å². The summed E-state index contributed by atoms with van der Waals surface area (Å²) in [6, 6.07) is 44.1. The van der Waals surface area contributed by atoms with Gasteiger partial charge in [-0.05, 0) is 65.2 Å². The maximum Gasteiger partial charge on any atom is 0.140 e. The molecule has 0 atom stereocenters. The van der Waals surface area contributed by atoms with Crippen LogP contribution in [0.2, 0.25) is 0 Å². The second kappa shape index (κ2) is 8.69. The molecular formula is C36H21N3O. The Hall–Kier alpha value is -5.66. The zero-order valence-corrected chi connectivity index (χ0v) is 21.4. The first-order valence-corrected chi connectivity index (χ1v) is 13.2. The normalized spacial score (nSPS) is 11.5. The van der Waals surface area contributed by atoms with E-state index in [2.05, 4.69) is 113 Å². The first kappa shape index (κ1) is 22.3. The number of nitrogens with zero attached hydrogens (tertiary/aromatic N) is 3. The third-order valence-corrected chi connectivity index (χ3v) is 7.68. The topological polar surface area (TPSA) is 54.8 Å². The highest BCUT2D eigenvalue weighted by Crippen LogP contribution is 2.38. The second-order valence-electron chi connectivity index (χ2n) is 9.99. The molecule has 0 saturated heterocycles. The minimum atomic E-state index is 0.415. The van der Waals surface area contributed by atoms with E-state index in [1.165, 1.54) is 10.8 Å². The number of benzene rings is 5. The predicted molar refractivity (Wildman–Crippen MR) is 161 cm³/mol. The molecule has 0 N–H and O–H groups in total. The Morgan fingerprint density at radius 1 is 0.550 bits per heavy atom. The largest absolute Gasteiger partial charge is 0.456 e. The predicted octanol–water partition coefficient (Wildman–Crippen LogP) is 9.28. The quantitative estimate of drug-likeness (QED) is 0.237. The summed E-state index contributed by atoms with van der Waals surface area (Å²) in [4.78, 5) is 4.24. The maximum absolute atomic E-state index is 9.09. The average Bonchev–Trinajstić information content (AvgIpc) is 3.55. The molecule has 0 aliphatic carbocycles. The number of para-hydroxylation sites is 2. The minimum absolute atomic E-state index is 0.415. The number of aromatic nitrogens is 2. The van der Waals surface area contributed by atoms with Crippen molar-refractivity contribution >= 4 is 43.7 Å². The molecule has 8 rings (SSSR count). The first-order chi connectivity index (χ1) is 19.8. The molecule has 0 saturated carbocycles. The highest BCUT2D eigenvalue weighted by molar-refractivity contribution is 6.17. The zero-order chi connectivity index (χ0) is 26.6. The number of nitriles is 1. The lowest BCUT2D eigenvalue weighted by atomic mass is 9.99. The van der Waals surface area contributed by atoms with Gasteiger partial charge < -0.3 is 8.98 Å². The Balaban J connectivity index is 1.31. The van der Waals surface area contributed by atoms with E-state index in [4.69, 9.17) is 9.68 Å². The van der Waals surface area contributed by atoms with Crippen molar-refractivity contribution in [2.24, 2.45) is 0 Å². The van der Waals surface area contributed by atoms with E-state index in [9.17, 15) is 0 Å². The molecule has 8 aromatic rings. The van der Waals surface area contributed by atoms with Crippen LogP contribution in [-0.4, -0.2) is 9.55 Å². The summed E-state index contributed by atoms with van der Waals surface area (Å²) >= 11 is 0. The molecule has 0 amide bonds. The van der Waals surface area contributed by atoms with E-state index in [1.54, 1.807) is 12.3 Å². The monoisotopic (exact) mass is 511 g/mol. The maximum atomic E-state index is 9.09. The first-order valence-electron chi connectivity index (χ1n) is 13.2. The van der Waals surface area contributed by atoms with Crippen molar-refractivity contribution in [2.75, 3.05) is 0 Å². The van der Waals surface area contributed by atoms with Crippen molar-refractivity contribution in [1.82, 2.24) is 9.55 Å². The summed E-state index contributed by atoms with van der Waals surface area (Å²) in [6.45, 7) is 0. The van der Waals surface area contributed by atoms with E-state index in [1.807, 2.05) is 18.2 Å². The molecule has 4 heteroatoms. The summed E-state index contributed by atoms with van der Waals surface area (Å²) in [7, 11) is 0. The van der Waals surface area contributed by atoms with Gasteiger partial charge in [0.05, 0.1) is 11.0 Å². The van der Waals surface area contributed by atoms with Crippen molar-refractivity contribution < 1.29 is 4.42 Å².